The molecule has 0 bridgehead atoms. The van der Waals surface area contributed by atoms with Crippen LogP contribution in [0.15, 0.2) is 60.7 Å². The average molecular weight is 657 g/mol. The third-order valence-corrected chi connectivity index (χ3v) is 3.79. The second kappa shape index (κ2) is 24.3. The van der Waals surface area contributed by atoms with Gasteiger partial charge in [-0.2, -0.15) is 0 Å². The van der Waals surface area contributed by atoms with Gasteiger partial charge in [0.25, 0.3) is 0 Å². The van der Waals surface area contributed by atoms with Crippen LogP contribution in [0.2, 0.25) is 0 Å². The van der Waals surface area contributed by atoms with E-state index < -0.39 is 17.6 Å². The molecule has 0 amide bonds. The minimum absolute atomic E-state index is 0.00371. The maximum absolute atomic E-state index is 9.96. The third kappa shape index (κ3) is 18.3. The summed E-state index contributed by atoms with van der Waals surface area (Å²) in [4.78, 5) is 9.91. The number of methoxy groups -OCH3 is 1. The molecule has 8 heteroatoms. The quantitative estimate of drug-likeness (QED) is 0.174. The van der Waals surface area contributed by atoms with Crippen molar-refractivity contribution in [1.82, 2.24) is 0 Å². The molecule has 2 aromatic carbocycles. The Bertz CT molecular complexity index is 700. The number of benzene rings is 2. The summed E-state index contributed by atoms with van der Waals surface area (Å²) in [6.07, 6.45) is 5.75. The number of ether oxygens (including phenoxy) is 1. The molecular formula is C24H37Cl2O5Ta+3. The van der Waals surface area contributed by atoms with Crippen molar-refractivity contribution in [1.29, 1.82) is 0 Å². The molecule has 0 aromatic heterocycles. The van der Waals surface area contributed by atoms with Crippen LogP contribution in [0.1, 0.15) is 50.7 Å². The van der Waals surface area contributed by atoms with Crippen LogP contribution in [0.25, 0.3) is 5.76 Å². The van der Waals surface area contributed by atoms with E-state index in [1.807, 2.05) is 18.2 Å². The van der Waals surface area contributed by atoms with E-state index in [9.17, 15) is 9.90 Å². The van der Waals surface area contributed by atoms with Crippen molar-refractivity contribution in [3.05, 3.63) is 71.8 Å². The minimum atomic E-state index is -0.889. The van der Waals surface area contributed by atoms with E-state index in [0.717, 1.165) is 25.7 Å². The Hall–Kier alpha value is -1.31. The third-order valence-electron chi connectivity index (χ3n) is 3.79. The van der Waals surface area contributed by atoms with E-state index in [1.54, 1.807) is 43.5 Å². The number of hydrogen-bond donors (Lipinski definition) is 1. The summed E-state index contributed by atoms with van der Waals surface area (Å²) in [7, 11) is 11.5. The average Bonchev–Trinajstić information content (AvgIpc) is 2.82. The number of aliphatic hydroxyl groups is 1. The normalized spacial score (nSPS) is 9.66. The second-order valence-electron chi connectivity index (χ2n) is 6.28. The molecule has 2 rings (SSSR count). The topological polar surface area (TPSA) is 96.7 Å². The zero-order valence-electron chi connectivity index (χ0n) is 19.0. The van der Waals surface area contributed by atoms with Crippen LogP contribution < -0.4 is 4.74 Å². The molecule has 2 aromatic rings. The Morgan fingerprint density at radius 2 is 1.41 bits per heavy atom. The van der Waals surface area contributed by atoms with Crippen molar-refractivity contribution in [2.24, 2.45) is 0 Å². The van der Waals surface area contributed by atoms with Gasteiger partial charge in [0.2, 0.25) is 0 Å². The first-order valence-corrected chi connectivity index (χ1v) is 18.3. The van der Waals surface area contributed by atoms with Crippen molar-refractivity contribution in [2.45, 2.75) is 39.5 Å². The molecule has 5 nitrogen and oxygen atoms in total. The Morgan fingerprint density at radius 1 is 0.938 bits per heavy atom. The zero-order valence-corrected chi connectivity index (χ0v) is 23.7. The fourth-order valence-corrected chi connectivity index (χ4v) is 2.02. The standard InChI is InChI=1S/C16H14O3.2C4H10O.2ClH.Ta/c1-19-14-9-7-13(8-10-14)16(18)11-15(17)12-5-3-2-4-6-12;2*1-2-3-4-5;;;/h2-11,18H,1H3;2*5H,2-4H2,1H3;2*1H;/q;;;;;+2/p+1/b16-11-;;;;;. The number of halogens is 2. The molecule has 0 aliphatic rings. The van der Waals surface area contributed by atoms with Crippen LogP contribution >= 0.6 is 18.4 Å². The maximum atomic E-state index is 9.96. The molecule has 0 aliphatic carbocycles. The van der Waals surface area contributed by atoms with Gasteiger partial charge in [0.05, 0.1) is 18.7 Å². The number of aliphatic hydroxyl groups excluding tert-OH is 1. The van der Waals surface area contributed by atoms with Gasteiger partial charge in [-0.3, -0.25) is 4.79 Å². The molecule has 0 saturated carbocycles. The fraction of sp³-hybridized carbons (Fsp3) is 0.375. The Labute approximate surface area is 209 Å². The first-order chi connectivity index (χ1) is 15.4. The van der Waals surface area contributed by atoms with Gasteiger partial charge in [0.1, 0.15) is 24.7 Å². The summed E-state index contributed by atoms with van der Waals surface area (Å²) in [5.74, 6) is 0.741. The van der Waals surface area contributed by atoms with Crippen LogP contribution in [0.4, 0.5) is 0 Å². The Balaban J connectivity index is 0. The second-order valence-corrected chi connectivity index (χ2v) is 10.9. The fourth-order valence-electron chi connectivity index (χ4n) is 2.02. The van der Waals surface area contributed by atoms with E-state index in [4.69, 9.17) is 33.3 Å². The number of rotatable bonds is 8. The van der Waals surface area contributed by atoms with Crippen LogP contribution in [0, 0.1) is 0 Å². The molecule has 0 saturated heterocycles. The van der Waals surface area contributed by atoms with Gasteiger partial charge in [0.15, 0.2) is 0 Å². The number of carbonyl (C=O) groups excluding carboxylic acids is 1. The number of unbranched alkanes of at least 4 members (excludes halogenated alkanes) is 2. The monoisotopic (exact) mass is 656 g/mol. The molecular weight excluding hydrogens is 620 g/mol. The van der Waals surface area contributed by atoms with Crippen molar-refractivity contribution in [2.75, 3.05) is 20.3 Å². The molecule has 0 radical (unpaired) electrons. The molecule has 0 fully saturated rings. The van der Waals surface area contributed by atoms with E-state index in [2.05, 4.69) is 13.8 Å². The van der Waals surface area contributed by atoms with E-state index in [1.165, 1.54) is 6.08 Å². The molecule has 179 valence electrons. The Kier molecular flexibility index (Phi) is 25.0. The molecule has 0 unspecified atom stereocenters. The summed E-state index contributed by atoms with van der Waals surface area (Å²) >= 11 is -0.889. The summed E-state index contributed by atoms with van der Waals surface area (Å²) < 4.78 is 5.04. The molecule has 0 heterocycles. The number of hydrogen-bond acceptors (Lipinski definition) is 2. The van der Waals surface area contributed by atoms with E-state index in [-0.39, 0.29) is 11.5 Å². The molecule has 6 N–H and O–H groups in total. The first kappa shape index (κ1) is 32.9. The summed E-state index contributed by atoms with van der Waals surface area (Å²) in [5.41, 5.74) is 1.27. The number of allylic oxidation sites excluding steroid dienone is 1. The van der Waals surface area contributed by atoms with Crippen LogP contribution in [-0.2, 0) is 17.6 Å². The summed E-state index contributed by atoms with van der Waals surface area (Å²) in [6, 6.07) is 16.0. The van der Waals surface area contributed by atoms with Gasteiger partial charge < -0.3 is 20.1 Å². The van der Waals surface area contributed by atoms with Gasteiger partial charge in [0, 0.05) is 18.4 Å². The number of ketones is 1. The van der Waals surface area contributed by atoms with Gasteiger partial charge in [-0.05, 0) is 49.2 Å². The van der Waals surface area contributed by atoms with Crippen molar-refractivity contribution < 1.29 is 42.4 Å². The zero-order chi connectivity index (χ0) is 24.6. The van der Waals surface area contributed by atoms with Gasteiger partial charge >= 0.3 is 41.8 Å². The summed E-state index contributed by atoms with van der Waals surface area (Å²) in [6.45, 7) is 5.37. The molecule has 0 spiro atoms. The van der Waals surface area contributed by atoms with Crippen molar-refractivity contribution in [3.63, 3.8) is 0 Å². The van der Waals surface area contributed by atoms with Crippen LogP contribution in [0.3, 0.4) is 0 Å². The van der Waals surface area contributed by atoms with Gasteiger partial charge in [-0.15, -0.1) is 0 Å². The van der Waals surface area contributed by atoms with E-state index in [0.29, 0.717) is 30.1 Å². The van der Waals surface area contributed by atoms with Crippen LogP contribution in [-0.4, -0.2) is 46.2 Å². The van der Waals surface area contributed by atoms with Gasteiger partial charge in [-0.1, -0.05) is 32.0 Å². The molecule has 32 heavy (non-hydrogen) atoms. The van der Waals surface area contributed by atoms with Crippen molar-refractivity contribution in [3.8, 4) is 5.75 Å². The van der Waals surface area contributed by atoms with E-state index >= 15 is 0 Å². The molecule has 0 atom stereocenters. The summed E-state index contributed by atoms with van der Waals surface area (Å²) in [5, 5.41) is 23.2. The molecule has 0 aliphatic heterocycles. The Morgan fingerprint density at radius 3 is 1.75 bits per heavy atom. The van der Waals surface area contributed by atoms with Crippen molar-refractivity contribution >= 4 is 29.9 Å². The SMILES string of the molecule is CCCC[OH2+].CCCC[OH2+].COc1ccc(/C(O)=C/C(=[OH+])c2ccccc2)cc1.[Cl][Ta][Cl]. The first-order valence-electron chi connectivity index (χ1n) is 10.3. The van der Waals surface area contributed by atoms with Gasteiger partial charge in [-0.25, -0.2) is 0 Å². The predicted octanol–water partition coefficient (Wildman–Crippen LogP) is 5.59. The predicted molar refractivity (Wildman–Crippen MR) is 135 cm³/mol. The van der Waals surface area contributed by atoms with Crippen LogP contribution in [0.5, 0.6) is 5.75 Å².